The second-order valence-corrected chi connectivity index (χ2v) is 27.4. The van der Waals surface area contributed by atoms with Crippen LogP contribution in [0.3, 0.4) is 0 Å². The molecule has 1 aliphatic carbocycles. The third-order valence-electron chi connectivity index (χ3n) is 18.7. The first-order chi connectivity index (χ1) is 52.4. The quantitative estimate of drug-likeness (QED) is 0.0553. The monoisotopic (exact) mass is 2020 g/mol. The standard InChI is InChI=1S/C25H21N2.C18H14N.C16H9F3N.C15H10N.C12H10N.2C5H8O2.3Ir/c1-15-10-11-21-20(12-15)19-9-5-8-18-13-26-14-22(27(21)25(26)24(18)19)23-16(2)6-4-7-17(23)3;1-18(2)14-8-4-3-7-13(14)17-16-12(10-11-19-17)6-5-9-15(16)18;17-16(18,19)13-8-5-12(6-9-13)15-10-7-11-3-1-2-4-14(11)20-15;1-2-7-13(8-3-1)15-14-9-5-4-6-12(14)10-11-16-15;1-10-7-8-12(13-9-10)11-5-3-2-4-6-11;2*1-4(6)3-5(2)7;;;/h4-12,14H,13H2,1-3H3;3-6,8-11H,1-2H3;1-5,7-10H;1-7,9-11H;2-5,7-9H,1H3;2*3,6H,1-2H3;;;/q+1;4*-1;;;;;. The number of aryl methyl sites for hydroxylation is 4. The van der Waals surface area contributed by atoms with E-state index < -0.39 is 11.7 Å². The van der Waals surface area contributed by atoms with Gasteiger partial charge in [-0.15, -0.1) is 137 Å². The van der Waals surface area contributed by atoms with Crippen molar-refractivity contribution < 1.29 is 97.9 Å². The SMILES string of the molecule is CC(=O)C=C(C)O.CC(=O)C=C(C)O.CC1(C)c2ccc[c-]c2-c2nccc3cccc1c23.Cc1ccc(-c2[c-]cccc2)nc1.Cc1ccc2c(c1)c1cccc3c1c1n2c(-c2c(C)cccc2C)c[n+]1C3.FC(F)(F)c1c[c-]c(-c2ccc3ccccc3n2)cc1.[Ir].[Ir].[Ir].[c-]1ccccc1-c1nccc2ccccc12. The van der Waals surface area contributed by atoms with E-state index >= 15 is 0 Å². The fourth-order valence-corrected chi connectivity index (χ4v) is 13.8. The van der Waals surface area contributed by atoms with Crippen LogP contribution in [-0.4, -0.2) is 46.1 Å². The van der Waals surface area contributed by atoms with Crippen molar-refractivity contribution in [1.82, 2.24) is 24.3 Å². The fraction of sp³-hybridized carbons (Fsp3) is 0.135. The predicted molar refractivity (Wildman–Crippen MR) is 434 cm³/mol. The van der Waals surface area contributed by atoms with Gasteiger partial charge in [-0.05, 0) is 169 Å². The van der Waals surface area contributed by atoms with Gasteiger partial charge in [-0.1, -0.05) is 147 Å². The van der Waals surface area contributed by atoms with Gasteiger partial charge in [0, 0.05) is 113 Å². The number of carbonyl (C=O) groups excluding carboxylic acids is 2. The van der Waals surface area contributed by atoms with Crippen LogP contribution in [0.5, 0.6) is 0 Å². The number of fused-ring (bicyclic) bond motifs is 7. The molecule has 0 atom stereocenters. The molecule has 0 fully saturated rings. The minimum absolute atomic E-state index is 0. The largest absolute Gasteiger partial charge is 0.512 e. The van der Waals surface area contributed by atoms with Crippen LogP contribution in [0.4, 0.5) is 13.2 Å². The number of halogens is 3. The van der Waals surface area contributed by atoms with Crippen LogP contribution < -0.4 is 4.57 Å². The molecule has 569 valence electrons. The normalized spacial score (nSPS) is 11.9. The summed E-state index contributed by atoms with van der Waals surface area (Å²) in [5.41, 5.74) is 22.1. The zero-order chi connectivity index (χ0) is 77.1. The minimum atomic E-state index is -4.34. The Morgan fingerprint density at radius 3 is 1.73 bits per heavy atom. The molecule has 0 unspecified atom stereocenters. The molecule has 3 radical (unpaired) electrons. The van der Waals surface area contributed by atoms with Crippen LogP contribution in [0.15, 0.2) is 291 Å². The van der Waals surface area contributed by atoms with E-state index in [0.29, 0.717) is 11.3 Å². The molecular formula is C96H80F3Ir3N6O4-3. The number of rotatable bonds is 6. The van der Waals surface area contributed by atoms with Gasteiger partial charge in [-0.25, -0.2) is 4.57 Å². The number of aromatic nitrogens is 6. The van der Waals surface area contributed by atoms with Crippen LogP contribution in [0.25, 0.3) is 116 Å². The number of carbonyl (C=O) groups is 2. The molecule has 7 heterocycles. The summed E-state index contributed by atoms with van der Waals surface area (Å²) in [6.07, 6.45) is 5.95. The smallest absolute Gasteiger partial charge is 0.381 e. The molecular weight excluding hydrogens is 1930 g/mol. The Kier molecular flexibility index (Phi) is 28.7. The van der Waals surface area contributed by atoms with E-state index in [4.69, 9.17) is 10.2 Å². The molecule has 0 bridgehead atoms. The van der Waals surface area contributed by atoms with Crippen molar-refractivity contribution in [3.05, 3.63) is 360 Å². The van der Waals surface area contributed by atoms with Crippen molar-refractivity contribution in [3.8, 4) is 56.3 Å². The number of allylic oxidation sites excluding steroid dienone is 4. The summed E-state index contributed by atoms with van der Waals surface area (Å²) >= 11 is 0. The number of aliphatic hydroxyl groups is 2. The number of aliphatic hydroxyl groups excluding tert-OH is 2. The average molecular weight is 2020 g/mol. The van der Waals surface area contributed by atoms with Crippen LogP contribution in [-0.2, 0) is 88.0 Å². The van der Waals surface area contributed by atoms with Gasteiger partial charge in [0.25, 0.3) is 5.65 Å². The third kappa shape index (κ3) is 19.6. The van der Waals surface area contributed by atoms with E-state index in [-0.39, 0.29) is 88.8 Å². The summed E-state index contributed by atoms with van der Waals surface area (Å²) in [7, 11) is 0. The Bertz CT molecular complexity index is 6020. The van der Waals surface area contributed by atoms with Crippen LogP contribution in [0, 0.1) is 52.0 Å². The first-order valence-electron chi connectivity index (χ1n) is 35.7. The molecule has 16 heteroatoms. The maximum Gasteiger partial charge on any atom is 0.381 e. The molecule has 2 N–H and O–H groups in total. The van der Waals surface area contributed by atoms with Crippen molar-refractivity contribution in [3.63, 3.8) is 0 Å². The summed E-state index contributed by atoms with van der Waals surface area (Å²) in [6.45, 7) is 19.9. The minimum Gasteiger partial charge on any atom is -0.512 e. The van der Waals surface area contributed by atoms with Crippen LogP contribution in [0.2, 0.25) is 0 Å². The predicted octanol–water partition coefficient (Wildman–Crippen LogP) is 23.2. The molecule has 16 aromatic rings. The zero-order valence-corrected chi connectivity index (χ0v) is 70.5. The number of alkyl halides is 3. The van der Waals surface area contributed by atoms with E-state index in [2.05, 4.69) is 203 Å². The number of pyridine rings is 5. The molecule has 2 aliphatic rings. The Morgan fingerprint density at radius 2 is 1.10 bits per heavy atom. The number of hydrogen-bond donors (Lipinski definition) is 2. The Hall–Kier alpha value is -11.1. The summed E-state index contributed by atoms with van der Waals surface area (Å²) in [6, 6.07) is 92.2. The number of para-hydroxylation sites is 1. The van der Waals surface area contributed by atoms with E-state index in [0.717, 1.165) is 63.4 Å². The van der Waals surface area contributed by atoms with Gasteiger partial charge in [-0.3, -0.25) is 14.6 Å². The summed E-state index contributed by atoms with van der Waals surface area (Å²) < 4.78 is 42.4. The molecule has 0 saturated heterocycles. The van der Waals surface area contributed by atoms with Crippen molar-refractivity contribution in [2.45, 2.75) is 87.4 Å². The van der Waals surface area contributed by atoms with Crippen LogP contribution >= 0.6 is 0 Å². The molecule has 6 aromatic heterocycles. The summed E-state index contributed by atoms with van der Waals surface area (Å²) in [5, 5.41) is 26.8. The van der Waals surface area contributed by atoms with E-state index in [1.54, 1.807) is 6.07 Å². The molecule has 0 spiro atoms. The van der Waals surface area contributed by atoms with Gasteiger partial charge in [0.1, 0.15) is 18.3 Å². The molecule has 1 aliphatic heterocycles. The summed E-state index contributed by atoms with van der Waals surface area (Å²) in [4.78, 5) is 37.8. The molecule has 0 saturated carbocycles. The van der Waals surface area contributed by atoms with Crippen LogP contribution in [0.1, 0.15) is 86.1 Å². The molecule has 0 amide bonds. The van der Waals surface area contributed by atoms with Crippen molar-refractivity contribution in [1.29, 1.82) is 0 Å². The fourth-order valence-electron chi connectivity index (χ4n) is 13.8. The van der Waals surface area contributed by atoms with Crippen molar-refractivity contribution >= 4 is 71.3 Å². The second kappa shape index (κ2) is 37.8. The maximum absolute atomic E-state index is 12.5. The number of nitrogens with zero attached hydrogens (tertiary/aromatic N) is 6. The van der Waals surface area contributed by atoms with E-state index in [1.165, 1.54) is 145 Å². The summed E-state index contributed by atoms with van der Waals surface area (Å²) in [5.74, 6) is -0.125. The second-order valence-electron chi connectivity index (χ2n) is 27.4. The third-order valence-corrected chi connectivity index (χ3v) is 18.7. The molecule has 18 rings (SSSR count). The van der Waals surface area contributed by atoms with E-state index in [1.807, 2.05) is 135 Å². The van der Waals surface area contributed by atoms with Gasteiger partial charge < -0.3 is 25.2 Å². The topological polar surface area (TPSA) is 134 Å². The Balaban J connectivity index is 0.000000155. The van der Waals surface area contributed by atoms with Gasteiger partial charge in [0.05, 0.1) is 22.4 Å². The van der Waals surface area contributed by atoms with Gasteiger partial charge in [-0.2, -0.15) is 17.6 Å². The molecule has 112 heavy (non-hydrogen) atoms. The number of ketones is 2. The Labute approximate surface area is 691 Å². The van der Waals surface area contributed by atoms with Gasteiger partial charge in [0.2, 0.25) is 0 Å². The van der Waals surface area contributed by atoms with E-state index in [9.17, 15) is 22.8 Å². The van der Waals surface area contributed by atoms with Crippen molar-refractivity contribution in [2.75, 3.05) is 0 Å². The Morgan fingerprint density at radius 1 is 0.518 bits per heavy atom. The van der Waals surface area contributed by atoms with Gasteiger partial charge >= 0.3 is 6.18 Å². The number of hydrogen-bond acceptors (Lipinski definition) is 8. The maximum atomic E-state index is 12.5. The molecule has 10 nitrogen and oxygen atoms in total. The molecule has 10 aromatic carbocycles. The zero-order valence-electron chi connectivity index (χ0n) is 63.3. The first-order valence-corrected chi connectivity index (χ1v) is 35.7. The van der Waals surface area contributed by atoms with Gasteiger partial charge in [0.15, 0.2) is 17.3 Å². The van der Waals surface area contributed by atoms with Crippen molar-refractivity contribution in [2.24, 2.45) is 0 Å². The number of imidazole rings is 1. The first kappa shape index (κ1) is 85.0. The average Bonchev–Trinajstić information content (AvgIpc) is 1.45. The number of benzene rings is 10.